The maximum Gasteiger partial charge on any atom is 0.147 e. The molecular formula is C8H12NO. The molecule has 10 heavy (non-hydrogen) atoms. The highest BCUT2D eigenvalue weighted by Gasteiger charge is 2.05. The molecule has 1 aliphatic rings. The fourth-order valence-electron chi connectivity index (χ4n) is 0.756. The van der Waals surface area contributed by atoms with E-state index in [0.717, 1.165) is 0 Å². The van der Waals surface area contributed by atoms with Gasteiger partial charge in [0.25, 0.3) is 0 Å². The molecule has 1 atom stereocenters. The molecule has 1 radical (unpaired) electrons. The summed E-state index contributed by atoms with van der Waals surface area (Å²) in [5.41, 5.74) is 0. The number of hydrogen-bond acceptors (Lipinski definition) is 2. The van der Waals surface area contributed by atoms with Gasteiger partial charge in [-0.1, -0.05) is 6.08 Å². The predicted octanol–water partition coefficient (Wildman–Crippen LogP) is 1.21. The molecule has 1 N–H and O–H groups in total. The first-order chi connectivity index (χ1) is 4.79. The van der Waals surface area contributed by atoms with Gasteiger partial charge in [-0.25, -0.2) is 0 Å². The zero-order valence-electron chi connectivity index (χ0n) is 6.29. The molecule has 0 amide bonds. The van der Waals surface area contributed by atoms with Gasteiger partial charge in [0, 0.05) is 0 Å². The summed E-state index contributed by atoms with van der Waals surface area (Å²) in [6.07, 6.45) is 8.80. The van der Waals surface area contributed by atoms with Gasteiger partial charge < -0.3 is 10.1 Å². The van der Waals surface area contributed by atoms with Gasteiger partial charge in [-0.3, -0.25) is 0 Å². The maximum atomic E-state index is 5.41. The normalized spacial score (nSPS) is 23.3. The highest BCUT2D eigenvalue weighted by molar-refractivity contribution is 5.06. The summed E-state index contributed by atoms with van der Waals surface area (Å²) in [6, 6.07) is 0. The van der Waals surface area contributed by atoms with Crippen LogP contribution in [0, 0.1) is 6.20 Å². The molecule has 0 bridgehead atoms. The molecule has 0 saturated carbocycles. The van der Waals surface area contributed by atoms with Crippen LogP contribution in [-0.2, 0) is 4.74 Å². The molecule has 1 aliphatic heterocycles. The van der Waals surface area contributed by atoms with Crippen molar-refractivity contribution in [3.8, 4) is 0 Å². The molecule has 2 nitrogen and oxygen atoms in total. The van der Waals surface area contributed by atoms with E-state index in [4.69, 9.17) is 4.74 Å². The lowest BCUT2D eigenvalue weighted by atomic mass is 10.3. The second-order valence-corrected chi connectivity index (χ2v) is 2.45. The summed E-state index contributed by atoms with van der Waals surface area (Å²) < 4.78 is 5.41. The topological polar surface area (TPSA) is 21.3 Å². The largest absolute Gasteiger partial charge is 0.355 e. The quantitative estimate of drug-likeness (QED) is 0.619. The van der Waals surface area contributed by atoms with Crippen LogP contribution in [0.25, 0.3) is 0 Å². The standard InChI is InChI=1S/C8H12NO/c1-7(2)10-8-5-3-4-6-9-8/h3-5,7-9H,1-2H3. The smallest absolute Gasteiger partial charge is 0.147 e. The number of dihydropyridines is 1. The minimum atomic E-state index is 0.00463. The van der Waals surface area contributed by atoms with Crippen LogP contribution in [-0.4, -0.2) is 12.3 Å². The summed E-state index contributed by atoms with van der Waals surface area (Å²) in [7, 11) is 0. The Morgan fingerprint density at radius 2 is 2.40 bits per heavy atom. The monoisotopic (exact) mass is 138 g/mol. The molecule has 55 valence electrons. The third-order valence-corrected chi connectivity index (χ3v) is 1.11. The summed E-state index contributed by atoms with van der Waals surface area (Å²) >= 11 is 0. The van der Waals surface area contributed by atoms with Gasteiger partial charge in [-0.2, -0.15) is 0 Å². The molecule has 1 rings (SSSR count). The van der Waals surface area contributed by atoms with Crippen molar-refractivity contribution in [2.45, 2.75) is 26.2 Å². The van der Waals surface area contributed by atoms with Gasteiger partial charge in [0.05, 0.1) is 12.3 Å². The molecule has 2 heteroatoms. The third-order valence-electron chi connectivity index (χ3n) is 1.11. The number of allylic oxidation sites excluding steroid dienone is 2. The van der Waals surface area contributed by atoms with Crippen LogP contribution in [0.2, 0.25) is 0 Å². The van der Waals surface area contributed by atoms with Crippen molar-refractivity contribution in [2.24, 2.45) is 0 Å². The average Bonchev–Trinajstić information content (AvgIpc) is 1.88. The first kappa shape index (κ1) is 7.35. The van der Waals surface area contributed by atoms with Crippen LogP contribution in [0.4, 0.5) is 0 Å². The predicted molar refractivity (Wildman–Crippen MR) is 40.1 cm³/mol. The van der Waals surface area contributed by atoms with Gasteiger partial charge in [0.2, 0.25) is 0 Å². The Kier molecular flexibility index (Phi) is 2.51. The van der Waals surface area contributed by atoms with E-state index < -0.39 is 0 Å². The Labute approximate surface area is 61.6 Å². The average molecular weight is 138 g/mol. The number of nitrogens with one attached hydrogen (secondary N) is 1. The Bertz CT molecular complexity index is 149. The molecular weight excluding hydrogens is 126 g/mol. The van der Waals surface area contributed by atoms with Crippen LogP contribution in [0.5, 0.6) is 0 Å². The van der Waals surface area contributed by atoms with Crippen molar-refractivity contribution in [1.82, 2.24) is 5.32 Å². The maximum absolute atomic E-state index is 5.41. The SMILES string of the molecule is CC(C)OC1C=CC=[C]N1. The van der Waals surface area contributed by atoms with E-state index in [9.17, 15) is 0 Å². The number of ether oxygens (including phenoxy) is 1. The molecule has 1 heterocycles. The van der Waals surface area contributed by atoms with E-state index in [1.54, 1.807) is 0 Å². The van der Waals surface area contributed by atoms with E-state index in [-0.39, 0.29) is 12.3 Å². The molecule has 1 unspecified atom stereocenters. The second kappa shape index (κ2) is 3.42. The van der Waals surface area contributed by atoms with Crippen molar-refractivity contribution in [2.75, 3.05) is 0 Å². The Hall–Kier alpha value is -0.760. The van der Waals surface area contributed by atoms with E-state index in [2.05, 4.69) is 11.5 Å². The van der Waals surface area contributed by atoms with Crippen LogP contribution in [0.1, 0.15) is 13.8 Å². The molecule has 0 spiro atoms. The first-order valence-electron chi connectivity index (χ1n) is 3.45. The van der Waals surface area contributed by atoms with Crippen LogP contribution < -0.4 is 5.32 Å². The van der Waals surface area contributed by atoms with Gasteiger partial charge in [-0.15, -0.1) is 0 Å². The first-order valence-corrected chi connectivity index (χ1v) is 3.45. The van der Waals surface area contributed by atoms with Crippen molar-refractivity contribution >= 4 is 0 Å². The van der Waals surface area contributed by atoms with Crippen LogP contribution >= 0.6 is 0 Å². The summed E-state index contributed by atoms with van der Waals surface area (Å²) in [5.74, 6) is 0. The Balaban J connectivity index is 2.30. The van der Waals surface area contributed by atoms with Crippen molar-refractivity contribution in [1.29, 1.82) is 0 Å². The number of rotatable bonds is 2. The third kappa shape index (κ3) is 2.23. The molecule has 0 saturated heterocycles. The van der Waals surface area contributed by atoms with Crippen LogP contribution in [0.3, 0.4) is 0 Å². The Morgan fingerprint density at radius 3 is 2.90 bits per heavy atom. The molecule has 0 aromatic rings. The van der Waals surface area contributed by atoms with Gasteiger partial charge >= 0.3 is 0 Å². The van der Waals surface area contributed by atoms with E-state index >= 15 is 0 Å². The fraction of sp³-hybridized carbons (Fsp3) is 0.500. The highest BCUT2D eigenvalue weighted by atomic mass is 16.5. The zero-order valence-corrected chi connectivity index (χ0v) is 6.29. The minimum Gasteiger partial charge on any atom is -0.355 e. The molecule has 0 fully saturated rings. The fourth-order valence-corrected chi connectivity index (χ4v) is 0.756. The van der Waals surface area contributed by atoms with E-state index in [1.807, 2.05) is 32.1 Å². The van der Waals surface area contributed by atoms with Gasteiger partial charge in [-0.05, 0) is 26.0 Å². The summed E-state index contributed by atoms with van der Waals surface area (Å²) in [4.78, 5) is 0. The zero-order chi connectivity index (χ0) is 7.40. The molecule has 0 aromatic carbocycles. The summed E-state index contributed by atoms with van der Waals surface area (Å²) in [6.45, 7) is 4.02. The lowest BCUT2D eigenvalue weighted by molar-refractivity contribution is 0.0223. The lowest BCUT2D eigenvalue weighted by Crippen LogP contribution is -2.29. The molecule has 0 aromatic heterocycles. The molecule has 0 aliphatic carbocycles. The Morgan fingerprint density at radius 1 is 1.60 bits per heavy atom. The number of hydrogen-bond donors (Lipinski definition) is 1. The van der Waals surface area contributed by atoms with Crippen molar-refractivity contribution in [3.05, 3.63) is 24.4 Å². The second-order valence-electron chi connectivity index (χ2n) is 2.45. The van der Waals surface area contributed by atoms with E-state index in [0.29, 0.717) is 0 Å². The van der Waals surface area contributed by atoms with Crippen LogP contribution in [0.15, 0.2) is 18.2 Å². The lowest BCUT2D eigenvalue weighted by Gasteiger charge is -2.18. The minimum absolute atomic E-state index is 0.00463. The summed E-state index contributed by atoms with van der Waals surface area (Å²) in [5, 5.41) is 2.94. The van der Waals surface area contributed by atoms with Crippen molar-refractivity contribution in [3.63, 3.8) is 0 Å². The van der Waals surface area contributed by atoms with Gasteiger partial charge in [0.1, 0.15) is 6.23 Å². The van der Waals surface area contributed by atoms with Crippen molar-refractivity contribution < 1.29 is 4.74 Å². The van der Waals surface area contributed by atoms with E-state index in [1.165, 1.54) is 0 Å². The highest BCUT2D eigenvalue weighted by Crippen LogP contribution is 1.99. The van der Waals surface area contributed by atoms with Gasteiger partial charge in [0.15, 0.2) is 0 Å².